The summed E-state index contributed by atoms with van der Waals surface area (Å²) < 4.78 is 5.97. The van der Waals surface area contributed by atoms with Crippen molar-refractivity contribution in [3.05, 3.63) is 28.2 Å². The van der Waals surface area contributed by atoms with Gasteiger partial charge in [0.25, 0.3) is 0 Å². The van der Waals surface area contributed by atoms with Crippen LogP contribution in [0.25, 0.3) is 0 Å². The van der Waals surface area contributed by atoms with Gasteiger partial charge in [-0.1, -0.05) is 15.9 Å². The van der Waals surface area contributed by atoms with E-state index in [1.54, 1.807) is 13.2 Å². The second-order valence-corrected chi connectivity index (χ2v) is 4.90. The number of carboxylic acid groups (broad SMARTS) is 1. The van der Waals surface area contributed by atoms with E-state index in [2.05, 4.69) is 15.9 Å². The first-order valence-electron chi connectivity index (χ1n) is 5.19. The summed E-state index contributed by atoms with van der Waals surface area (Å²) in [5.41, 5.74) is 0.814. The normalized spacial score (nSPS) is 16.9. The molecule has 0 bridgehead atoms. The summed E-state index contributed by atoms with van der Waals surface area (Å²) in [4.78, 5) is 11.3. The predicted molar refractivity (Wildman–Crippen MR) is 63.8 cm³/mol. The summed E-state index contributed by atoms with van der Waals surface area (Å²) in [5.74, 6) is -0.188. The number of aliphatic carboxylic acids is 1. The highest BCUT2D eigenvalue weighted by Crippen LogP contribution is 2.45. The second kappa shape index (κ2) is 4.45. The Morgan fingerprint density at radius 3 is 2.75 bits per heavy atom. The minimum atomic E-state index is -0.753. The molecule has 0 aliphatic heterocycles. The van der Waals surface area contributed by atoms with Crippen molar-refractivity contribution < 1.29 is 14.6 Å². The van der Waals surface area contributed by atoms with Crippen molar-refractivity contribution in [2.75, 3.05) is 7.11 Å². The van der Waals surface area contributed by atoms with E-state index in [9.17, 15) is 9.90 Å². The molecule has 0 heterocycles. The van der Waals surface area contributed by atoms with Crippen LogP contribution in [0.1, 0.15) is 24.3 Å². The maximum atomic E-state index is 11.3. The third kappa shape index (κ3) is 2.21. The topological polar surface area (TPSA) is 46.5 Å². The molecular weight excluding hydrogens is 272 g/mol. The lowest BCUT2D eigenvalue weighted by Gasteiger charge is -2.14. The molecule has 16 heavy (non-hydrogen) atoms. The Morgan fingerprint density at radius 2 is 2.25 bits per heavy atom. The Kier molecular flexibility index (Phi) is 3.19. The number of carboxylic acids is 1. The largest absolute Gasteiger partial charge is 0.497 e. The maximum absolute atomic E-state index is 11.3. The van der Waals surface area contributed by atoms with E-state index in [4.69, 9.17) is 4.74 Å². The van der Waals surface area contributed by atoms with E-state index in [0.29, 0.717) is 5.75 Å². The van der Waals surface area contributed by atoms with E-state index < -0.39 is 11.9 Å². The molecule has 1 unspecified atom stereocenters. The van der Waals surface area contributed by atoms with E-state index >= 15 is 0 Å². The Hall–Kier alpha value is -1.03. The van der Waals surface area contributed by atoms with Crippen LogP contribution in [0.4, 0.5) is 0 Å². The highest BCUT2D eigenvalue weighted by molar-refractivity contribution is 9.10. The van der Waals surface area contributed by atoms with Gasteiger partial charge in [0.05, 0.1) is 13.0 Å². The molecule has 3 nitrogen and oxygen atoms in total. The molecule has 0 radical (unpaired) electrons. The molecular formula is C12H13BrO3. The van der Waals surface area contributed by atoms with Crippen LogP contribution in [-0.4, -0.2) is 18.2 Å². The lowest BCUT2D eigenvalue weighted by Crippen LogP contribution is -2.14. The van der Waals surface area contributed by atoms with Crippen LogP contribution in [-0.2, 0) is 4.79 Å². The SMILES string of the molecule is COc1ccc(Br)c(C(C(=O)O)C2CC2)c1. The van der Waals surface area contributed by atoms with Gasteiger partial charge >= 0.3 is 5.97 Å². The van der Waals surface area contributed by atoms with Gasteiger partial charge in [-0.3, -0.25) is 4.79 Å². The smallest absolute Gasteiger partial charge is 0.311 e. The highest BCUT2D eigenvalue weighted by atomic mass is 79.9. The van der Waals surface area contributed by atoms with E-state index in [1.165, 1.54) is 0 Å². The zero-order valence-electron chi connectivity index (χ0n) is 8.94. The van der Waals surface area contributed by atoms with E-state index in [1.807, 2.05) is 12.1 Å². The average Bonchev–Trinajstić information content (AvgIpc) is 3.05. The first kappa shape index (κ1) is 11.5. The highest BCUT2D eigenvalue weighted by Gasteiger charge is 2.38. The van der Waals surface area contributed by atoms with Gasteiger partial charge in [0.2, 0.25) is 0 Å². The molecule has 1 aliphatic rings. The summed E-state index contributed by atoms with van der Waals surface area (Å²) in [6, 6.07) is 5.47. The predicted octanol–water partition coefficient (Wildman–Crippen LogP) is 3.04. The van der Waals surface area contributed by atoms with Gasteiger partial charge < -0.3 is 9.84 Å². The number of hydrogen-bond donors (Lipinski definition) is 1. The zero-order chi connectivity index (χ0) is 11.7. The lowest BCUT2D eigenvalue weighted by molar-refractivity contribution is -0.139. The fourth-order valence-electron chi connectivity index (χ4n) is 1.91. The van der Waals surface area contributed by atoms with Gasteiger partial charge in [-0.2, -0.15) is 0 Å². The minimum absolute atomic E-state index is 0.279. The van der Waals surface area contributed by atoms with Crippen molar-refractivity contribution in [3.63, 3.8) is 0 Å². The van der Waals surface area contributed by atoms with Crippen LogP contribution in [0.15, 0.2) is 22.7 Å². The fraction of sp³-hybridized carbons (Fsp3) is 0.417. The molecule has 1 aromatic rings. The number of ether oxygens (including phenoxy) is 1. The fourth-order valence-corrected chi connectivity index (χ4v) is 2.40. The minimum Gasteiger partial charge on any atom is -0.497 e. The van der Waals surface area contributed by atoms with Gasteiger partial charge in [0.15, 0.2) is 0 Å². The summed E-state index contributed by atoms with van der Waals surface area (Å²) >= 11 is 3.41. The number of benzene rings is 1. The molecule has 2 rings (SSSR count). The molecule has 0 aromatic heterocycles. The van der Waals surface area contributed by atoms with Gasteiger partial charge in [0, 0.05) is 4.47 Å². The van der Waals surface area contributed by atoms with Crippen molar-refractivity contribution in [2.45, 2.75) is 18.8 Å². The van der Waals surface area contributed by atoms with Crippen molar-refractivity contribution >= 4 is 21.9 Å². The van der Waals surface area contributed by atoms with Crippen LogP contribution in [0.2, 0.25) is 0 Å². The molecule has 86 valence electrons. The van der Waals surface area contributed by atoms with Crippen molar-refractivity contribution in [1.29, 1.82) is 0 Å². The standard InChI is InChI=1S/C12H13BrO3/c1-16-8-4-5-10(13)9(6-8)11(12(14)15)7-2-3-7/h4-7,11H,2-3H2,1H3,(H,14,15). The molecule has 0 spiro atoms. The summed E-state index contributed by atoms with van der Waals surface area (Å²) in [5, 5.41) is 9.26. The van der Waals surface area contributed by atoms with Gasteiger partial charge in [-0.05, 0) is 42.5 Å². The summed E-state index contributed by atoms with van der Waals surface area (Å²) in [7, 11) is 1.58. The molecule has 4 heteroatoms. The van der Waals surface area contributed by atoms with Crippen molar-refractivity contribution in [1.82, 2.24) is 0 Å². The summed E-state index contributed by atoms with van der Waals surface area (Å²) in [6.45, 7) is 0. The first-order chi connectivity index (χ1) is 7.63. The van der Waals surface area contributed by atoms with Crippen LogP contribution >= 0.6 is 15.9 Å². The van der Waals surface area contributed by atoms with Crippen LogP contribution in [0.3, 0.4) is 0 Å². The molecule has 1 atom stereocenters. The van der Waals surface area contributed by atoms with Gasteiger partial charge in [-0.25, -0.2) is 0 Å². The van der Waals surface area contributed by atoms with Gasteiger partial charge in [-0.15, -0.1) is 0 Å². The molecule has 1 aliphatic carbocycles. The Labute approximate surface area is 103 Å². The maximum Gasteiger partial charge on any atom is 0.311 e. The number of carbonyl (C=O) groups is 1. The zero-order valence-corrected chi connectivity index (χ0v) is 10.5. The molecule has 1 N–H and O–H groups in total. The van der Waals surface area contributed by atoms with Gasteiger partial charge in [0.1, 0.15) is 5.75 Å². The summed E-state index contributed by atoms with van der Waals surface area (Å²) in [6.07, 6.45) is 2.00. The third-order valence-corrected chi connectivity index (χ3v) is 3.62. The molecule has 1 fully saturated rings. The molecule has 1 saturated carbocycles. The Morgan fingerprint density at radius 1 is 1.56 bits per heavy atom. The van der Waals surface area contributed by atoms with Crippen LogP contribution in [0, 0.1) is 5.92 Å². The third-order valence-electron chi connectivity index (χ3n) is 2.90. The Bertz CT molecular complexity index is 413. The number of rotatable bonds is 4. The second-order valence-electron chi connectivity index (χ2n) is 4.04. The van der Waals surface area contributed by atoms with Crippen LogP contribution < -0.4 is 4.74 Å². The van der Waals surface area contributed by atoms with Crippen molar-refractivity contribution in [3.8, 4) is 5.75 Å². The molecule has 0 amide bonds. The lowest BCUT2D eigenvalue weighted by atomic mass is 9.94. The molecule has 0 saturated heterocycles. The van der Waals surface area contributed by atoms with Crippen LogP contribution in [0.5, 0.6) is 5.75 Å². The monoisotopic (exact) mass is 284 g/mol. The van der Waals surface area contributed by atoms with E-state index in [-0.39, 0.29) is 5.92 Å². The number of hydrogen-bond acceptors (Lipinski definition) is 2. The Balaban J connectivity index is 2.39. The number of halogens is 1. The first-order valence-corrected chi connectivity index (χ1v) is 5.99. The average molecular weight is 285 g/mol. The number of methoxy groups -OCH3 is 1. The van der Waals surface area contributed by atoms with Crippen molar-refractivity contribution in [2.24, 2.45) is 5.92 Å². The molecule has 1 aromatic carbocycles. The quantitative estimate of drug-likeness (QED) is 0.925. The van der Waals surface area contributed by atoms with E-state index in [0.717, 1.165) is 22.9 Å².